The van der Waals surface area contributed by atoms with Crippen LogP contribution in [0, 0.1) is 17.8 Å². The van der Waals surface area contributed by atoms with Crippen molar-refractivity contribution in [1.29, 1.82) is 0 Å². The van der Waals surface area contributed by atoms with Gasteiger partial charge < -0.3 is 15.2 Å². The van der Waals surface area contributed by atoms with Crippen molar-refractivity contribution >= 4 is 17.6 Å². The first kappa shape index (κ1) is 15.5. The number of methoxy groups -OCH3 is 1. The van der Waals surface area contributed by atoms with E-state index in [0.717, 1.165) is 5.56 Å². The molecule has 1 aromatic carbocycles. The third-order valence-corrected chi connectivity index (χ3v) is 4.03. The summed E-state index contributed by atoms with van der Waals surface area (Å²) in [6.07, 6.45) is 1.18. The Balaban J connectivity index is 2.12. The van der Waals surface area contributed by atoms with Gasteiger partial charge in [0.2, 0.25) is 5.91 Å². The topological polar surface area (TPSA) is 75.6 Å². The first-order valence-electron chi connectivity index (χ1n) is 7.13. The van der Waals surface area contributed by atoms with Gasteiger partial charge in [0.25, 0.3) is 0 Å². The number of amides is 1. The van der Waals surface area contributed by atoms with Gasteiger partial charge in [-0.1, -0.05) is 25.1 Å². The average molecular weight is 291 g/mol. The van der Waals surface area contributed by atoms with E-state index >= 15 is 0 Å². The summed E-state index contributed by atoms with van der Waals surface area (Å²) in [5, 5.41) is 12.1. The molecule has 1 amide bonds. The van der Waals surface area contributed by atoms with E-state index in [1.165, 1.54) is 0 Å². The Hall–Kier alpha value is -1.88. The Bertz CT molecular complexity index is 529. The lowest BCUT2D eigenvalue weighted by atomic mass is 9.95. The molecule has 0 saturated heterocycles. The number of aliphatic carboxylic acids is 1. The number of para-hydroxylation sites is 1. The van der Waals surface area contributed by atoms with Crippen LogP contribution in [-0.4, -0.2) is 24.1 Å². The van der Waals surface area contributed by atoms with E-state index in [9.17, 15) is 14.7 Å². The molecule has 1 aliphatic carbocycles. The molecule has 0 radical (unpaired) electrons. The molecular weight excluding hydrogens is 270 g/mol. The summed E-state index contributed by atoms with van der Waals surface area (Å²) in [5.74, 6) is -1.89. The van der Waals surface area contributed by atoms with Gasteiger partial charge in [0.15, 0.2) is 0 Å². The van der Waals surface area contributed by atoms with E-state index in [2.05, 4.69) is 5.32 Å². The summed E-state index contributed by atoms with van der Waals surface area (Å²) < 4.78 is 5.11. The van der Waals surface area contributed by atoms with Gasteiger partial charge in [-0.05, 0) is 24.8 Å². The number of hydrogen-bond acceptors (Lipinski definition) is 3. The van der Waals surface area contributed by atoms with Crippen LogP contribution in [0.15, 0.2) is 24.3 Å². The SMILES string of the molecule is COCc1ccccc1NC(=O)[C@H]1CC(C)C[C@H]1C(=O)O. The number of carboxylic acid groups (broad SMARTS) is 1. The van der Waals surface area contributed by atoms with Gasteiger partial charge in [-0.25, -0.2) is 0 Å². The van der Waals surface area contributed by atoms with E-state index in [1.807, 2.05) is 25.1 Å². The highest BCUT2D eigenvalue weighted by atomic mass is 16.5. The zero-order chi connectivity index (χ0) is 15.4. The summed E-state index contributed by atoms with van der Waals surface area (Å²) in [4.78, 5) is 23.7. The van der Waals surface area contributed by atoms with E-state index in [1.54, 1.807) is 13.2 Å². The van der Waals surface area contributed by atoms with Crippen LogP contribution in [-0.2, 0) is 20.9 Å². The summed E-state index contributed by atoms with van der Waals surface area (Å²) >= 11 is 0. The lowest BCUT2D eigenvalue weighted by Gasteiger charge is -2.17. The number of carbonyl (C=O) groups is 2. The Morgan fingerprint density at radius 2 is 1.95 bits per heavy atom. The van der Waals surface area contributed by atoms with E-state index < -0.39 is 17.8 Å². The number of carboxylic acids is 1. The Morgan fingerprint density at radius 1 is 1.29 bits per heavy atom. The van der Waals surface area contributed by atoms with Crippen molar-refractivity contribution in [2.24, 2.45) is 17.8 Å². The van der Waals surface area contributed by atoms with Crippen molar-refractivity contribution in [3.63, 3.8) is 0 Å². The van der Waals surface area contributed by atoms with Gasteiger partial charge in [0, 0.05) is 18.4 Å². The van der Waals surface area contributed by atoms with Gasteiger partial charge in [-0.15, -0.1) is 0 Å². The lowest BCUT2D eigenvalue weighted by molar-refractivity contribution is -0.145. The van der Waals surface area contributed by atoms with E-state index in [-0.39, 0.29) is 11.8 Å². The predicted molar refractivity (Wildman–Crippen MR) is 78.8 cm³/mol. The molecule has 1 unspecified atom stereocenters. The minimum atomic E-state index is -0.885. The van der Waals surface area contributed by atoms with Gasteiger partial charge in [0.05, 0.1) is 18.4 Å². The highest BCUT2D eigenvalue weighted by molar-refractivity contribution is 5.96. The zero-order valence-electron chi connectivity index (χ0n) is 12.3. The van der Waals surface area contributed by atoms with Crippen LogP contribution in [0.1, 0.15) is 25.3 Å². The number of hydrogen-bond donors (Lipinski definition) is 2. The first-order chi connectivity index (χ1) is 10.0. The van der Waals surface area contributed by atoms with Gasteiger partial charge in [-0.2, -0.15) is 0 Å². The number of benzene rings is 1. The molecule has 0 spiro atoms. The molecule has 5 heteroatoms. The highest BCUT2D eigenvalue weighted by Gasteiger charge is 2.41. The van der Waals surface area contributed by atoms with Crippen molar-refractivity contribution in [3.05, 3.63) is 29.8 Å². The summed E-state index contributed by atoms with van der Waals surface area (Å²) in [5.41, 5.74) is 1.57. The molecule has 1 fully saturated rings. The van der Waals surface area contributed by atoms with Crippen molar-refractivity contribution < 1.29 is 19.4 Å². The quantitative estimate of drug-likeness (QED) is 0.874. The molecule has 3 atom stereocenters. The number of nitrogens with one attached hydrogen (secondary N) is 1. The smallest absolute Gasteiger partial charge is 0.307 e. The van der Waals surface area contributed by atoms with Crippen LogP contribution in [0.2, 0.25) is 0 Å². The highest BCUT2D eigenvalue weighted by Crippen LogP contribution is 2.37. The molecule has 21 heavy (non-hydrogen) atoms. The zero-order valence-corrected chi connectivity index (χ0v) is 12.3. The first-order valence-corrected chi connectivity index (χ1v) is 7.13. The number of carbonyl (C=O) groups excluding carboxylic acids is 1. The van der Waals surface area contributed by atoms with Crippen LogP contribution in [0.25, 0.3) is 0 Å². The van der Waals surface area contributed by atoms with Crippen LogP contribution < -0.4 is 5.32 Å². The Labute approximate surface area is 124 Å². The molecule has 1 aliphatic rings. The maximum Gasteiger partial charge on any atom is 0.307 e. The minimum absolute atomic E-state index is 0.213. The fraction of sp³-hybridized carbons (Fsp3) is 0.500. The lowest BCUT2D eigenvalue weighted by Crippen LogP contribution is -2.30. The van der Waals surface area contributed by atoms with Crippen molar-refractivity contribution in [1.82, 2.24) is 0 Å². The van der Waals surface area contributed by atoms with Gasteiger partial charge >= 0.3 is 5.97 Å². The molecular formula is C16H21NO4. The third kappa shape index (κ3) is 3.61. The summed E-state index contributed by atoms with van der Waals surface area (Å²) in [7, 11) is 1.59. The van der Waals surface area contributed by atoms with Crippen molar-refractivity contribution in [3.8, 4) is 0 Å². The van der Waals surface area contributed by atoms with Crippen LogP contribution in [0.4, 0.5) is 5.69 Å². The normalized spacial score (nSPS) is 24.8. The molecule has 0 heterocycles. The number of anilines is 1. The van der Waals surface area contributed by atoms with Crippen LogP contribution in [0.5, 0.6) is 0 Å². The van der Waals surface area contributed by atoms with Gasteiger partial charge in [-0.3, -0.25) is 9.59 Å². The van der Waals surface area contributed by atoms with Crippen molar-refractivity contribution in [2.45, 2.75) is 26.4 Å². The van der Waals surface area contributed by atoms with Crippen LogP contribution >= 0.6 is 0 Å². The van der Waals surface area contributed by atoms with E-state index in [4.69, 9.17) is 4.74 Å². The standard InChI is InChI=1S/C16H21NO4/c1-10-7-12(13(8-10)16(19)20)15(18)17-14-6-4-3-5-11(14)9-21-2/h3-6,10,12-13H,7-9H2,1-2H3,(H,17,18)(H,19,20)/t10?,12-,13+/m0/s1. The maximum absolute atomic E-state index is 12.4. The number of rotatable bonds is 5. The minimum Gasteiger partial charge on any atom is -0.481 e. The summed E-state index contributed by atoms with van der Waals surface area (Å²) in [6, 6.07) is 7.40. The molecule has 2 rings (SSSR count). The fourth-order valence-electron chi connectivity index (χ4n) is 3.00. The Kier molecular flexibility index (Phi) is 4.96. The average Bonchev–Trinajstić information content (AvgIpc) is 2.84. The molecule has 114 valence electrons. The molecule has 1 aromatic rings. The fourth-order valence-corrected chi connectivity index (χ4v) is 3.00. The molecule has 0 aliphatic heterocycles. The monoisotopic (exact) mass is 291 g/mol. The second kappa shape index (κ2) is 6.72. The second-order valence-corrected chi connectivity index (χ2v) is 5.71. The Morgan fingerprint density at radius 3 is 2.62 bits per heavy atom. The molecule has 0 aromatic heterocycles. The largest absolute Gasteiger partial charge is 0.481 e. The molecule has 5 nitrogen and oxygen atoms in total. The second-order valence-electron chi connectivity index (χ2n) is 5.71. The molecule has 1 saturated carbocycles. The molecule has 2 N–H and O–H groups in total. The third-order valence-electron chi connectivity index (χ3n) is 4.03. The maximum atomic E-state index is 12.4. The number of ether oxygens (including phenoxy) is 1. The predicted octanol–water partition coefficient (Wildman–Crippen LogP) is 2.52. The summed E-state index contributed by atoms with van der Waals surface area (Å²) in [6.45, 7) is 2.39. The van der Waals surface area contributed by atoms with Crippen LogP contribution in [0.3, 0.4) is 0 Å². The van der Waals surface area contributed by atoms with Gasteiger partial charge in [0.1, 0.15) is 0 Å². The molecule has 0 bridgehead atoms. The van der Waals surface area contributed by atoms with E-state index in [0.29, 0.717) is 25.1 Å². The van der Waals surface area contributed by atoms with Crippen molar-refractivity contribution in [2.75, 3.05) is 12.4 Å².